The number of hydrogen-bond acceptors (Lipinski definition) is 4. The maximum absolute atomic E-state index is 12.2. The zero-order valence-electron chi connectivity index (χ0n) is 11.8. The topological polar surface area (TPSA) is 64.4 Å². The normalized spacial score (nSPS) is 19.3. The van der Waals surface area contributed by atoms with Gasteiger partial charge >= 0.3 is 5.97 Å². The molecule has 6 nitrogen and oxygen atoms in total. The second-order valence-corrected chi connectivity index (χ2v) is 4.78. The molecule has 1 aromatic rings. The number of ether oxygens (including phenoxy) is 1. The molecule has 1 aliphatic heterocycles. The Bertz CT molecular complexity index is 521. The Kier molecular flexibility index (Phi) is 4.55. The van der Waals surface area contributed by atoms with Crippen LogP contribution in [0.5, 0.6) is 0 Å². The third kappa shape index (κ3) is 3.07. The molecule has 0 spiro atoms. The van der Waals surface area contributed by atoms with Gasteiger partial charge in [-0.05, 0) is 31.4 Å². The molecule has 6 heteroatoms. The van der Waals surface area contributed by atoms with Crippen molar-refractivity contribution < 1.29 is 14.3 Å². The molecule has 0 saturated carbocycles. The van der Waals surface area contributed by atoms with Gasteiger partial charge < -0.3 is 9.64 Å². The summed E-state index contributed by atoms with van der Waals surface area (Å²) in [6, 6.07) is 1.36. The molecule has 1 amide bonds. The molecule has 0 aliphatic carbocycles. The van der Waals surface area contributed by atoms with Gasteiger partial charge in [-0.15, -0.1) is 0 Å². The number of methoxy groups -OCH3 is 1. The molecule has 0 aromatic carbocycles. The molecule has 1 fully saturated rings. The van der Waals surface area contributed by atoms with Gasteiger partial charge in [0, 0.05) is 25.9 Å². The summed E-state index contributed by atoms with van der Waals surface area (Å²) in [6.45, 7) is 0.592. The molecule has 20 heavy (non-hydrogen) atoms. The van der Waals surface area contributed by atoms with E-state index in [1.54, 1.807) is 21.9 Å². The molecule has 0 bridgehead atoms. The number of rotatable bonds is 3. The fraction of sp³-hybridized carbons (Fsp3) is 0.500. The molecule has 1 aromatic heterocycles. The van der Waals surface area contributed by atoms with Crippen molar-refractivity contribution in [2.75, 3.05) is 13.7 Å². The molecule has 0 unspecified atom stereocenters. The van der Waals surface area contributed by atoms with Crippen LogP contribution in [0, 0.1) is 0 Å². The smallest absolute Gasteiger partial charge is 0.328 e. The van der Waals surface area contributed by atoms with Gasteiger partial charge in [-0.3, -0.25) is 9.48 Å². The molecular weight excluding hydrogens is 258 g/mol. The third-order valence-electron chi connectivity index (χ3n) is 3.51. The van der Waals surface area contributed by atoms with Crippen molar-refractivity contribution in [2.24, 2.45) is 7.05 Å². The highest BCUT2D eigenvalue weighted by Crippen LogP contribution is 2.18. The van der Waals surface area contributed by atoms with Crippen molar-refractivity contribution in [2.45, 2.75) is 25.3 Å². The maximum atomic E-state index is 12.2. The van der Waals surface area contributed by atoms with E-state index in [1.165, 1.54) is 13.2 Å². The zero-order chi connectivity index (χ0) is 14.5. The number of aromatic nitrogens is 2. The number of piperidine rings is 1. The Morgan fingerprint density at radius 3 is 2.90 bits per heavy atom. The first kappa shape index (κ1) is 14.3. The molecule has 1 saturated heterocycles. The number of amides is 1. The van der Waals surface area contributed by atoms with E-state index in [0.717, 1.165) is 18.5 Å². The number of carbonyl (C=O) groups excluding carboxylic acids is 2. The van der Waals surface area contributed by atoms with E-state index in [2.05, 4.69) is 5.10 Å². The van der Waals surface area contributed by atoms with Crippen LogP contribution >= 0.6 is 0 Å². The second kappa shape index (κ2) is 6.36. The van der Waals surface area contributed by atoms with E-state index in [0.29, 0.717) is 13.0 Å². The van der Waals surface area contributed by atoms with Crippen molar-refractivity contribution in [3.05, 3.63) is 24.0 Å². The molecule has 1 aliphatic rings. The molecule has 2 rings (SSSR count). The molecular formula is C14H19N3O3. The highest BCUT2D eigenvalue weighted by atomic mass is 16.5. The van der Waals surface area contributed by atoms with Crippen LogP contribution in [0.15, 0.2) is 18.3 Å². The Hall–Kier alpha value is -2.11. The number of hydrogen-bond donors (Lipinski definition) is 0. The second-order valence-electron chi connectivity index (χ2n) is 4.78. The summed E-state index contributed by atoms with van der Waals surface area (Å²) in [5.41, 5.74) is 0.838. The fourth-order valence-electron chi connectivity index (χ4n) is 2.38. The highest BCUT2D eigenvalue weighted by Gasteiger charge is 2.31. The Morgan fingerprint density at radius 1 is 1.45 bits per heavy atom. The molecule has 108 valence electrons. The first-order chi connectivity index (χ1) is 9.63. The average molecular weight is 277 g/mol. The monoisotopic (exact) mass is 277 g/mol. The van der Waals surface area contributed by atoms with Gasteiger partial charge in [0.25, 0.3) is 0 Å². The van der Waals surface area contributed by atoms with Crippen LogP contribution in [0.1, 0.15) is 25.0 Å². The minimum Gasteiger partial charge on any atom is -0.467 e. The first-order valence-corrected chi connectivity index (χ1v) is 6.68. The van der Waals surface area contributed by atoms with Crippen molar-refractivity contribution in [1.82, 2.24) is 14.7 Å². The standard InChI is InChI=1S/C14H19N3O3/c1-16-11(8-9-15-16)6-7-13(18)17-10-4-3-5-12(17)14(19)20-2/h6-9,12H,3-5,10H2,1-2H3/b7-6-/t12-/m0/s1. The number of aryl methyl sites for hydroxylation is 1. The minimum atomic E-state index is -0.461. The van der Waals surface area contributed by atoms with Gasteiger partial charge in [-0.25, -0.2) is 4.79 Å². The van der Waals surface area contributed by atoms with Crippen LogP contribution in [-0.4, -0.2) is 46.3 Å². The molecule has 1 atom stereocenters. The van der Waals surface area contributed by atoms with Gasteiger partial charge in [0.15, 0.2) is 0 Å². The third-order valence-corrected chi connectivity index (χ3v) is 3.51. The molecule has 0 N–H and O–H groups in total. The van der Waals surface area contributed by atoms with E-state index >= 15 is 0 Å². The Labute approximate surface area is 118 Å². The van der Waals surface area contributed by atoms with E-state index in [-0.39, 0.29) is 11.9 Å². The van der Waals surface area contributed by atoms with Gasteiger partial charge in [0.2, 0.25) is 5.91 Å². The summed E-state index contributed by atoms with van der Waals surface area (Å²) in [5.74, 6) is -0.506. The van der Waals surface area contributed by atoms with Crippen LogP contribution in [0.4, 0.5) is 0 Å². The summed E-state index contributed by atoms with van der Waals surface area (Å²) < 4.78 is 6.45. The highest BCUT2D eigenvalue weighted by molar-refractivity contribution is 5.94. The van der Waals surface area contributed by atoms with Crippen LogP contribution < -0.4 is 0 Å². The van der Waals surface area contributed by atoms with Crippen LogP contribution in [0.2, 0.25) is 0 Å². The minimum absolute atomic E-state index is 0.165. The van der Waals surface area contributed by atoms with Gasteiger partial charge in [-0.1, -0.05) is 0 Å². The summed E-state index contributed by atoms with van der Waals surface area (Å²) in [4.78, 5) is 25.5. The number of nitrogens with zero attached hydrogens (tertiary/aromatic N) is 3. The predicted octanol–water partition coefficient (Wildman–Crippen LogP) is 0.987. The quantitative estimate of drug-likeness (QED) is 0.610. The lowest BCUT2D eigenvalue weighted by Crippen LogP contribution is -2.47. The van der Waals surface area contributed by atoms with Gasteiger partial charge in [0.05, 0.1) is 12.8 Å². The Balaban J connectivity index is 2.08. The SMILES string of the molecule is COC(=O)[C@@H]1CCCCN1C(=O)/C=C\c1ccnn1C. The van der Waals surface area contributed by atoms with E-state index in [1.807, 2.05) is 13.1 Å². The van der Waals surface area contributed by atoms with Crippen LogP contribution in [0.3, 0.4) is 0 Å². The van der Waals surface area contributed by atoms with Gasteiger partial charge in [-0.2, -0.15) is 5.10 Å². The summed E-state index contributed by atoms with van der Waals surface area (Å²) in [5, 5.41) is 4.03. The lowest BCUT2D eigenvalue weighted by Gasteiger charge is -2.32. The van der Waals surface area contributed by atoms with Crippen molar-refractivity contribution in [3.8, 4) is 0 Å². The summed E-state index contributed by atoms with van der Waals surface area (Å²) in [6.07, 6.45) is 7.38. The summed E-state index contributed by atoms with van der Waals surface area (Å²) in [7, 11) is 3.16. The van der Waals surface area contributed by atoms with Crippen molar-refractivity contribution in [1.29, 1.82) is 0 Å². The summed E-state index contributed by atoms with van der Waals surface area (Å²) >= 11 is 0. The maximum Gasteiger partial charge on any atom is 0.328 e. The van der Waals surface area contributed by atoms with Gasteiger partial charge in [0.1, 0.15) is 6.04 Å². The molecule has 0 radical (unpaired) electrons. The average Bonchev–Trinajstić information content (AvgIpc) is 2.89. The number of esters is 1. The number of carbonyl (C=O) groups is 2. The lowest BCUT2D eigenvalue weighted by atomic mass is 10.0. The zero-order valence-corrected chi connectivity index (χ0v) is 11.8. The Morgan fingerprint density at radius 2 is 2.25 bits per heavy atom. The predicted molar refractivity (Wildman–Crippen MR) is 73.6 cm³/mol. The van der Waals surface area contributed by atoms with Crippen LogP contribution in [-0.2, 0) is 21.4 Å². The van der Waals surface area contributed by atoms with Crippen LogP contribution in [0.25, 0.3) is 6.08 Å². The van der Waals surface area contributed by atoms with Crippen molar-refractivity contribution >= 4 is 18.0 Å². The number of likely N-dealkylation sites (tertiary alicyclic amines) is 1. The van der Waals surface area contributed by atoms with Crippen molar-refractivity contribution in [3.63, 3.8) is 0 Å². The van der Waals surface area contributed by atoms with E-state index < -0.39 is 6.04 Å². The first-order valence-electron chi connectivity index (χ1n) is 6.68. The van der Waals surface area contributed by atoms with E-state index in [4.69, 9.17) is 4.74 Å². The fourth-order valence-corrected chi connectivity index (χ4v) is 2.38. The molecule has 2 heterocycles. The lowest BCUT2D eigenvalue weighted by molar-refractivity contribution is -0.153. The van der Waals surface area contributed by atoms with E-state index in [9.17, 15) is 9.59 Å². The largest absolute Gasteiger partial charge is 0.467 e.